The van der Waals surface area contributed by atoms with E-state index in [2.05, 4.69) is 5.10 Å². The second-order valence-corrected chi connectivity index (χ2v) is 4.10. The van der Waals surface area contributed by atoms with Gasteiger partial charge in [0.15, 0.2) is 0 Å². The van der Waals surface area contributed by atoms with Gasteiger partial charge >= 0.3 is 0 Å². The number of hydrogen-bond donors (Lipinski definition) is 1. The van der Waals surface area contributed by atoms with Crippen molar-refractivity contribution in [1.82, 2.24) is 9.78 Å². The zero-order valence-electron chi connectivity index (χ0n) is 9.46. The minimum absolute atomic E-state index is 0.390. The highest BCUT2D eigenvalue weighted by Crippen LogP contribution is 2.13. The molecule has 5 heteroatoms. The quantitative estimate of drug-likeness (QED) is 0.834. The van der Waals surface area contributed by atoms with Crippen LogP contribution < -0.4 is 10.5 Å². The second kappa shape index (κ2) is 4.97. The molecule has 17 heavy (non-hydrogen) atoms. The van der Waals surface area contributed by atoms with Crippen molar-refractivity contribution in [3.63, 3.8) is 0 Å². The fraction of sp³-hybridized carbons (Fsp3) is 0.167. The summed E-state index contributed by atoms with van der Waals surface area (Å²) in [6.45, 7) is 0.452. The predicted octanol–water partition coefficient (Wildman–Crippen LogP) is 1.63. The van der Waals surface area contributed by atoms with E-state index >= 15 is 0 Å². The van der Waals surface area contributed by atoms with Crippen LogP contribution in [-0.4, -0.2) is 14.8 Å². The molecule has 2 rings (SSSR count). The fourth-order valence-corrected chi connectivity index (χ4v) is 1.55. The van der Waals surface area contributed by atoms with E-state index < -0.39 is 0 Å². The Morgan fingerprint density at radius 1 is 1.35 bits per heavy atom. The smallest absolute Gasteiger partial charge is 0.132 e. The molecular weight excluding hydrogens is 234 g/mol. The van der Waals surface area contributed by atoms with Crippen LogP contribution in [0.1, 0.15) is 11.3 Å². The van der Waals surface area contributed by atoms with Gasteiger partial charge in [-0.25, -0.2) is 0 Å². The lowest BCUT2D eigenvalue weighted by Crippen LogP contribution is -2.08. The van der Waals surface area contributed by atoms with Gasteiger partial charge in [0.05, 0.1) is 5.69 Å². The van der Waals surface area contributed by atoms with Crippen LogP contribution in [0.5, 0.6) is 5.75 Å². The molecule has 2 aromatic rings. The van der Waals surface area contributed by atoms with Crippen molar-refractivity contribution < 1.29 is 4.74 Å². The van der Waals surface area contributed by atoms with Crippen molar-refractivity contribution in [1.29, 1.82) is 0 Å². The highest BCUT2D eigenvalue weighted by Gasteiger charge is 2.00. The van der Waals surface area contributed by atoms with Crippen LogP contribution >= 0.6 is 12.2 Å². The summed E-state index contributed by atoms with van der Waals surface area (Å²) >= 11 is 4.87. The molecule has 0 fully saturated rings. The van der Waals surface area contributed by atoms with Gasteiger partial charge in [-0.15, -0.1) is 0 Å². The monoisotopic (exact) mass is 247 g/mol. The number of hydrogen-bond acceptors (Lipinski definition) is 3. The van der Waals surface area contributed by atoms with Crippen LogP contribution in [0.15, 0.2) is 36.5 Å². The zero-order valence-corrected chi connectivity index (χ0v) is 10.3. The van der Waals surface area contributed by atoms with Gasteiger partial charge in [0.2, 0.25) is 0 Å². The summed E-state index contributed by atoms with van der Waals surface area (Å²) in [5, 5.41) is 4.22. The SMILES string of the molecule is Cn1ccc(COc2ccc(C(N)=S)cc2)n1. The summed E-state index contributed by atoms with van der Waals surface area (Å²) in [6, 6.07) is 9.30. The molecule has 0 unspecified atom stereocenters. The summed E-state index contributed by atoms with van der Waals surface area (Å²) in [4.78, 5) is 0.390. The van der Waals surface area contributed by atoms with Gasteiger partial charge in [-0.05, 0) is 30.3 Å². The lowest BCUT2D eigenvalue weighted by molar-refractivity contribution is 0.300. The van der Waals surface area contributed by atoms with Crippen molar-refractivity contribution in [2.24, 2.45) is 12.8 Å². The Morgan fingerprint density at radius 2 is 2.06 bits per heavy atom. The average molecular weight is 247 g/mol. The van der Waals surface area contributed by atoms with Crippen LogP contribution in [0.25, 0.3) is 0 Å². The molecule has 1 heterocycles. The third-order valence-electron chi connectivity index (χ3n) is 2.29. The summed E-state index contributed by atoms with van der Waals surface area (Å²) in [6.07, 6.45) is 1.88. The fourth-order valence-electron chi connectivity index (χ4n) is 1.41. The molecule has 1 aromatic carbocycles. The van der Waals surface area contributed by atoms with Crippen LogP contribution in [0.3, 0.4) is 0 Å². The van der Waals surface area contributed by atoms with Gasteiger partial charge in [0.25, 0.3) is 0 Å². The predicted molar refractivity (Wildman–Crippen MR) is 69.9 cm³/mol. The number of aromatic nitrogens is 2. The molecule has 0 atom stereocenters. The molecule has 0 saturated carbocycles. The lowest BCUT2D eigenvalue weighted by atomic mass is 10.2. The van der Waals surface area contributed by atoms with Gasteiger partial charge < -0.3 is 10.5 Å². The highest BCUT2D eigenvalue weighted by molar-refractivity contribution is 7.80. The van der Waals surface area contributed by atoms with Gasteiger partial charge in [-0.3, -0.25) is 4.68 Å². The molecule has 0 aliphatic carbocycles. The minimum atomic E-state index is 0.390. The van der Waals surface area contributed by atoms with E-state index in [1.165, 1.54) is 0 Å². The number of nitrogens with zero attached hydrogens (tertiary/aromatic N) is 2. The van der Waals surface area contributed by atoms with Crippen LogP contribution in [-0.2, 0) is 13.7 Å². The highest BCUT2D eigenvalue weighted by atomic mass is 32.1. The topological polar surface area (TPSA) is 53.1 Å². The van der Waals surface area contributed by atoms with Crippen molar-refractivity contribution in [3.8, 4) is 5.75 Å². The van der Waals surface area contributed by atoms with Gasteiger partial charge in [0.1, 0.15) is 17.3 Å². The van der Waals surface area contributed by atoms with Crippen molar-refractivity contribution in [2.45, 2.75) is 6.61 Å². The van der Waals surface area contributed by atoms with E-state index in [0.717, 1.165) is 17.0 Å². The van der Waals surface area contributed by atoms with Crippen LogP contribution in [0.4, 0.5) is 0 Å². The van der Waals surface area contributed by atoms with Gasteiger partial charge in [-0.2, -0.15) is 5.10 Å². The maximum atomic E-state index is 5.58. The molecule has 0 aliphatic heterocycles. The maximum Gasteiger partial charge on any atom is 0.132 e. The molecule has 0 amide bonds. The Morgan fingerprint density at radius 3 is 2.59 bits per heavy atom. The minimum Gasteiger partial charge on any atom is -0.487 e. The number of nitrogens with two attached hydrogens (primary N) is 1. The van der Waals surface area contributed by atoms with Gasteiger partial charge in [0, 0.05) is 18.8 Å². The molecule has 0 saturated heterocycles. The molecule has 0 bridgehead atoms. The van der Waals surface area contributed by atoms with Crippen molar-refractivity contribution in [3.05, 3.63) is 47.8 Å². The normalized spacial score (nSPS) is 10.2. The first-order chi connectivity index (χ1) is 8.15. The Bertz CT molecular complexity index is 519. The Hall–Kier alpha value is -1.88. The molecule has 1 aromatic heterocycles. The molecule has 88 valence electrons. The third kappa shape index (κ3) is 3.04. The summed E-state index contributed by atoms with van der Waals surface area (Å²) < 4.78 is 7.32. The van der Waals surface area contributed by atoms with E-state index in [0.29, 0.717) is 11.6 Å². The van der Waals surface area contributed by atoms with Crippen molar-refractivity contribution >= 4 is 17.2 Å². The van der Waals surface area contributed by atoms with Crippen LogP contribution in [0.2, 0.25) is 0 Å². The number of ether oxygens (including phenoxy) is 1. The zero-order chi connectivity index (χ0) is 12.3. The molecule has 0 aliphatic rings. The molecule has 0 spiro atoms. The summed E-state index contributed by atoms with van der Waals surface area (Å²) in [5.41, 5.74) is 7.24. The Kier molecular flexibility index (Phi) is 3.39. The van der Waals surface area contributed by atoms with E-state index in [1.807, 2.05) is 43.6 Å². The van der Waals surface area contributed by atoms with Gasteiger partial charge in [-0.1, -0.05) is 12.2 Å². The summed E-state index contributed by atoms with van der Waals surface area (Å²) in [5.74, 6) is 0.774. The third-order valence-corrected chi connectivity index (χ3v) is 2.53. The second-order valence-electron chi connectivity index (χ2n) is 3.66. The Labute approximate surface area is 105 Å². The lowest BCUT2D eigenvalue weighted by Gasteiger charge is -2.05. The first-order valence-electron chi connectivity index (χ1n) is 5.16. The summed E-state index contributed by atoms with van der Waals surface area (Å²) in [7, 11) is 1.88. The van der Waals surface area contributed by atoms with E-state index in [-0.39, 0.29) is 0 Å². The average Bonchev–Trinajstić information content (AvgIpc) is 2.73. The molecular formula is C12H13N3OS. The number of rotatable bonds is 4. The first kappa shape index (κ1) is 11.6. The number of benzene rings is 1. The van der Waals surface area contributed by atoms with E-state index in [1.54, 1.807) is 4.68 Å². The molecule has 4 nitrogen and oxygen atoms in total. The largest absolute Gasteiger partial charge is 0.487 e. The number of aryl methyl sites for hydroxylation is 1. The van der Waals surface area contributed by atoms with E-state index in [4.69, 9.17) is 22.7 Å². The maximum absolute atomic E-state index is 5.58. The van der Waals surface area contributed by atoms with Crippen molar-refractivity contribution in [2.75, 3.05) is 0 Å². The molecule has 0 radical (unpaired) electrons. The Balaban J connectivity index is 1.97. The first-order valence-corrected chi connectivity index (χ1v) is 5.57. The van der Waals surface area contributed by atoms with Crippen LogP contribution in [0, 0.1) is 0 Å². The molecule has 2 N–H and O–H groups in total. The van der Waals surface area contributed by atoms with E-state index in [9.17, 15) is 0 Å². The standard InChI is InChI=1S/C12H13N3OS/c1-15-7-6-10(14-15)8-16-11-4-2-9(3-5-11)12(13)17/h2-7H,8H2,1H3,(H2,13,17). The number of thiocarbonyl (C=S) groups is 1.